The zero-order valence-corrected chi connectivity index (χ0v) is 9.97. The van der Waals surface area contributed by atoms with E-state index in [1.807, 2.05) is 42.1 Å². The monoisotopic (exact) mass is 231 g/mol. The van der Waals surface area contributed by atoms with Gasteiger partial charge in [0, 0.05) is 31.9 Å². The first-order valence-corrected chi connectivity index (χ1v) is 5.68. The van der Waals surface area contributed by atoms with Crippen molar-refractivity contribution < 1.29 is 4.74 Å². The van der Waals surface area contributed by atoms with E-state index in [1.165, 1.54) is 5.69 Å². The molecule has 0 unspecified atom stereocenters. The first-order valence-electron chi connectivity index (χ1n) is 5.68. The van der Waals surface area contributed by atoms with Gasteiger partial charge in [-0.1, -0.05) is 12.1 Å². The van der Waals surface area contributed by atoms with Crippen molar-refractivity contribution in [2.75, 3.05) is 6.61 Å². The van der Waals surface area contributed by atoms with Gasteiger partial charge in [0.2, 0.25) is 0 Å². The Balaban J connectivity index is 1.87. The Morgan fingerprint density at radius 2 is 2.24 bits per heavy atom. The maximum atomic E-state index is 5.68. The number of aromatic nitrogens is 2. The summed E-state index contributed by atoms with van der Waals surface area (Å²) in [6.45, 7) is 1.19. The van der Waals surface area contributed by atoms with E-state index in [1.54, 1.807) is 6.20 Å². The molecule has 0 aliphatic carbocycles. The van der Waals surface area contributed by atoms with Gasteiger partial charge in [-0.3, -0.25) is 4.68 Å². The molecule has 0 saturated carbocycles. The van der Waals surface area contributed by atoms with E-state index in [9.17, 15) is 0 Å². The number of nitrogens with two attached hydrogens (primary N) is 1. The molecule has 0 spiro atoms. The van der Waals surface area contributed by atoms with Crippen molar-refractivity contribution in [1.29, 1.82) is 0 Å². The van der Waals surface area contributed by atoms with Crippen LogP contribution in [0.3, 0.4) is 0 Å². The van der Waals surface area contributed by atoms with Crippen LogP contribution in [0.15, 0.2) is 36.5 Å². The minimum atomic E-state index is 0.541. The van der Waals surface area contributed by atoms with Gasteiger partial charge in [0.1, 0.15) is 5.75 Å². The van der Waals surface area contributed by atoms with E-state index < -0.39 is 0 Å². The summed E-state index contributed by atoms with van der Waals surface area (Å²) in [5.74, 6) is 0.870. The van der Waals surface area contributed by atoms with Crippen LogP contribution in [0, 0.1) is 0 Å². The Morgan fingerprint density at radius 1 is 1.35 bits per heavy atom. The molecule has 90 valence electrons. The number of aryl methyl sites for hydroxylation is 1. The standard InChI is InChI=1S/C13H17N3O/c1-16-12(5-7-15-16)6-8-17-13-4-2-3-11(9-13)10-14/h2-5,7,9H,6,8,10,14H2,1H3. The highest BCUT2D eigenvalue weighted by molar-refractivity contribution is 5.28. The number of rotatable bonds is 5. The molecule has 4 nitrogen and oxygen atoms in total. The van der Waals surface area contributed by atoms with Crippen LogP contribution in [0.4, 0.5) is 0 Å². The molecule has 2 N–H and O–H groups in total. The second-order valence-corrected chi connectivity index (χ2v) is 3.90. The maximum absolute atomic E-state index is 5.68. The predicted octanol–water partition coefficient (Wildman–Crippen LogP) is 1.50. The number of hydrogen-bond donors (Lipinski definition) is 1. The summed E-state index contributed by atoms with van der Waals surface area (Å²) in [5.41, 5.74) is 7.83. The van der Waals surface area contributed by atoms with Crippen molar-refractivity contribution in [3.8, 4) is 5.75 Å². The molecular weight excluding hydrogens is 214 g/mol. The van der Waals surface area contributed by atoms with E-state index in [0.29, 0.717) is 13.2 Å². The maximum Gasteiger partial charge on any atom is 0.119 e. The smallest absolute Gasteiger partial charge is 0.119 e. The molecule has 0 amide bonds. The van der Waals surface area contributed by atoms with Gasteiger partial charge in [-0.05, 0) is 23.8 Å². The Hall–Kier alpha value is -1.81. The molecule has 0 bridgehead atoms. The topological polar surface area (TPSA) is 53.1 Å². The van der Waals surface area contributed by atoms with Crippen LogP contribution < -0.4 is 10.5 Å². The summed E-state index contributed by atoms with van der Waals surface area (Å²) in [6, 6.07) is 9.88. The molecule has 0 atom stereocenters. The minimum absolute atomic E-state index is 0.541. The third-order valence-electron chi connectivity index (χ3n) is 2.68. The lowest BCUT2D eigenvalue weighted by atomic mass is 10.2. The molecule has 1 heterocycles. The third-order valence-corrected chi connectivity index (χ3v) is 2.68. The largest absolute Gasteiger partial charge is 0.493 e. The van der Waals surface area contributed by atoms with Gasteiger partial charge >= 0.3 is 0 Å². The van der Waals surface area contributed by atoms with Crippen LogP contribution in [-0.2, 0) is 20.0 Å². The van der Waals surface area contributed by atoms with E-state index >= 15 is 0 Å². The Kier molecular flexibility index (Phi) is 3.77. The Bertz CT molecular complexity index is 479. The molecule has 2 aromatic rings. The molecule has 0 saturated heterocycles. The van der Waals surface area contributed by atoms with Crippen molar-refractivity contribution in [2.24, 2.45) is 12.8 Å². The molecule has 0 fully saturated rings. The van der Waals surface area contributed by atoms with Crippen molar-refractivity contribution in [3.63, 3.8) is 0 Å². The van der Waals surface area contributed by atoms with Crippen LogP contribution in [0.1, 0.15) is 11.3 Å². The molecule has 1 aromatic heterocycles. The van der Waals surface area contributed by atoms with Gasteiger partial charge in [0.15, 0.2) is 0 Å². The Labute approximate surface area is 101 Å². The van der Waals surface area contributed by atoms with E-state index in [2.05, 4.69) is 5.10 Å². The van der Waals surface area contributed by atoms with Crippen LogP contribution in [0.25, 0.3) is 0 Å². The lowest BCUT2D eigenvalue weighted by Gasteiger charge is -2.07. The van der Waals surface area contributed by atoms with Crippen LogP contribution in [0.5, 0.6) is 5.75 Å². The SMILES string of the molecule is Cn1nccc1CCOc1cccc(CN)c1. The zero-order valence-electron chi connectivity index (χ0n) is 9.97. The third kappa shape index (κ3) is 3.07. The van der Waals surface area contributed by atoms with Gasteiger partial charge in [-0.2, -0.15) is 5.10 Å². The molecule has 0 radical (unpaired) electrons. The average Bonchev–Trinajstić information content (AvgIpc) is 2.76. The summed E-state index contributed by atoms with van der Waals surface area (Å²) in [7, 11) is 1.93. The quantitative estimate of drug-likeness (QED) is 0.848. The molecule has 1 aromatic carbocycles. The van der Waals surface area contributed by atoms with Gasteiger partial charge in [-0.25, -0.2) is 0 Å². The van der Waals surface area contributed by atoms with Crippen molar-refractivity contribution in [3.05, 3.63) is 47.8 Å². The van der Waals surface area contributed by atoms with Gasteiger partial charge in [-0.15, -0.1) is 0 Å². The van der Waals surface area contributed by atoms with Crippen molar-refractivity contribution in [1.82, 2.24) is 9.78 Å². The highest BCUT2D eigenvalue weighted by Gasteiger charge is 2.00. The van der Waals surface area contributed by atoms with Crippen molar-refractivity contribution >= 4 is 0 Å². The summed E-state index contributed by atoms with van der Waals surface area (Å²) in [4.78, 5) is 0. The van der Waals surface area contributed by atoms with Crippen LogP contribution >= 0.6 is 0 Å². The first kappa shape index (κ1) is 11.7. The fourth-order valence-electron chi connectivity index (χ4n) is 1.68. The number of nitrogens with zero attached hydrogens (tertiary/aromatic N) is 2. The normalized spacial score (nSPS) is 10.5. The summed E-state index contributed by atoms with van der Waals surface area (Å²) >= 11 is 0. The van der Waals surface area contributed by atoms with Crippen LogP contribution in [-0.4, -0.2) is 16.4 Å². The molecular formula is C13H17N3O. The number of ether oxygens (including phenoxy) is 1. The van der Waals surface area contributed by atoms with E-state index in [-0.39, 0.29) is 0 Å². The molecule has 17 heavy (non-hydrogen) atoms. The predicted molar refractivity (Wildman–Crippen MR) is 66.7 cm³/mol. The highest BCUT2D eigenvalue weighted by Crippen LogP contribution is 2.13. The van der Waals surface area contributed by atoms with Gasteiger partial charge < -0.3 is 10.5 Å². The zero-order chi connectivity index (χ0) is 12.1. The highest BCUT2D eigenvalue weighted by atomic mass is 16.5. The van der Waals surface area contributed by atoms with Crippen molar-refractivity contribution in [2.45, 2.75) is 13.0 Å². The fraction of sp³-hybridized carbons (Fsp3) is 0.308. The van der Waals surface area contributed by atoms with Crippen LogP contribution in [0.2, 0.25) is 0 Å². The fourth-order valence-corrected chi connectivity index (χ4v) is 1.68. The number of benzene rings is 1. The minimum Gasteiger partial charge on any atom is -0.493 e. The molecule has 0 aliphatic rings. The van der Waals surface area contributed by atoms with Gasteiger partial charge in [0.05, 0.1) is 6.61 Å². The molecule has 2 rings (SSSR count). The second kappa shape index (κ2) is 5.50. The second-order valence-electron chi connectivity index (χ2n) is 3.90. The van der Waals surface area contributed by atoms with Gasteiger partial charge in [0.25, 0.3) is 0 Å². The van der Waals surface area contributed by atoms with E-state index in [0.717, 1.165) is 17.7 Å². The summed E-state index contributed by atoms with van der Waals surface area (Å²) in [5, 5.41) is 4.11. The summed E-state index contributed by atoms with van der Waals surface area (Å²) in [6.07, 6.45) is 2.65. The lowest BCUT2D eigenvalue weighted by Crippen LogP contribution is -2.06. The first-order chi connectivity index (χ1) is 8.29. The average molecular weight is 231 g/mol. The molecule has 4 heteroatoms. The van der Waals surface area contributed by atoms with E-state index in [4.69, 9.17) is 10.5 Å². The number of hydrogen-bond acceptors (Lipinski definition) is 3. The summed E-state index contributed by atoms with van der Waals surface area (Å²) < 4.78 is 7.54. The molecule has 0 aliphatic heterocycles. The Morgan fingerprint density at radius 3 is 2.94 bits per heavy atom. The lowest BCUT2D eigenvalue weighted by molar-refractivity contribution is 0.318.